The monoisotopic (exact) mass is 711 g/mol. The molecule has 5 fully saturated rings. The molecular weight excluding hydrogens is 669 g/mol. The standard InChI is InChI=1S/C37H42ClN3O7.ClH/c1-4-41-13-12-26(20-41)47-32-19-23(8-10-28(32)38)34-27(33-30(45-2)6-5-7-31(33)46-3)9-11-29(39-34)35(42)40-37(48-36(43)44)24-15-21-14-22(17-24)18-25(37)16-21;/h5-11,19,21-22,24-26H,4,12-18,20H2,1-3H3,(H,40,42)(H,43,44);1H. The van der Waals surface area contributed by atoms with E-state index in [2.05, 4.69) is 17.1 Å². The minimum atomic E-state index is -1.38. The first kappa shape index (κ1) is 35.1. The van der Waals surface area contributed by atoms with Crippen LogP contribution in [0.1, 0.15) is 55.9 Å². The van der Waals surface area contributed by atoms with Gasteiger partial charge >= 0.3 is 6.16 Å². The summed E-state index contributed by atoms with van der Waals surface area (Å²) >= 11 is 6.67. The number of carboxylic acid groups (broad SMARTS) is 1. The highest BCUT2D eigenvalue weighted by molar-refractivity contribution is 6.32. The normalized spacial score (nSPS) is 26.9. The van der Waals surface area contributed by atoms with Gasteiger partial charge in [0, 0.05) is 36.1 Å². The molecule has 10 nitrogen and oxygen atoms in total. The summed E-state index contributed by atoms with van der Waals surface area (Å²) in [6, 6.07) is 14.5. The van der Waals surface area contributed by atoms with E-state index in [1.54, 1.807) is 26.4 Å². The van der Waals surface area contributed by atoms with Gasteiger partial charge in [-0.1, -0.05) is 30.7 Å². The molecule has 1 aromatic heterocycles. The number of likely N-dealkylation sites (tertiary alicyclic amines) is 1. The third-order valence-corrected chi connectivity index (χ3v) is 11.2. The second kappa shape index (κ2) is 14.2. The van der Waals surface area contributed by atoms with Crippen LogP contribution in [0.4, 0.5) is 4.79 Å². The molecule has 1 aliphatic heterocycles. The van der Waals surface area contributed by atoms with E-state index >= 15 is 0 Å². The molecule has 1 atom stereocenters. The van der Waals surface area contributed by atoms with Gasteiger partial charge in [-0.25, -0.2) is 9.78 Å². The molecule has 49 heavy (non-hydrogen) atoms. The van der Waals surface area contributed by atoms with Gasteiger partial charge in [0.05, 0.1) is 30.5 Å². The molecule has 1 unspecified atom stereocenters. The Morgan fingerprint density at radius 1 is 0.980 bits per heavy atom. The number of likely N-dealkylation sites (N-methyl/N-ethyl adjacent to an activating group) is 1. The average molecular weight is 713 g/mol. The van der Waals surface area contributed by atoms with Crippen LogP contribution in [0.15, 0.2) is 48.5 Å². The van der Waals surface area contributed by atoms with E-state index in [0.29, 0.717) is 56.5 Å². The lowest BCUT2D eigenvalue weighted by atomic mass is 9.52. The van der Waals surface area contributed by atoms with E-state index in [1.807, 2.05) is 36.4 Å². The van der Waals surface area contributed by atoms with Crippen LogP contribution in [0, 0.1) is 23.7 Å². The van der Waals surface area contributed by atoms with E-state index in [4.69, 9.17) is 35.5 Å². The Balaban J connectivity index is 0.00000417. The molecule has 2 heterocycles. The Morgan fingerprint density at radius 2 is 1.65 bits per heavy atom. The zero-order chi connectivity index (χ0) is 33.6. The van der Waals surface area contributed by atoms with Crippen LogP contribution in [0.2, 0.25) is 5.02 Å². The lowest BCUT2D eigenvalue weighted by molar-refractivity contribution is -0.191. The molecule has 4 saturated carbocycles. The predicted molar refractivity (Wildman–Crippen MR) is 188 cm³/mol. The minimum absolute atomic E-state index is 0. The van der Waals surface area contributed by atoms with Crippen molar-refractivity contribution in [1.29, 1.82) is 0 Å². The molecule has 2 aromatic carbocycles. The average Bonchev–Trinajstić information content (AvgIpc) is 3.54. The predicted octanol–water partition coefficient (Wildman–Crippen LogP) is 7.56. The number of halogens is 2. The van der Waals surface area contributed by atoms with Crippen molar-refractivity contribution >= 4 is 36.1 Å². The van der Waals surface area contributed by atoms with Gasteiger partial charge in [-0.2, -0.15) is 0 Å². The van der Waals surface area contributed by atoms with Crippen molar-refractivity contribution < 1.29 is 33.6 Å². The lowest BCUT2D eigenvalue weighted by Crippen LogP contribution is -2.68. The summed E-state index contributed by atoms with van der Waals surface area (Å²) in [6.45, 7) is 4.87. The van der Waals surface area contributed by atoms with Crippen molar-refractivity contribution in [2.24, 2.45) is 23.7 Å². The van der Waals surface area contributed by atoms with Crippen LogP contribution >= 0.6 is 24.0 Å². The summed E-state index contributed by atoms with van der Waals surface area (Å²) in [5, 5.41) is 13.4. The fourth-order valence-corrected chi connectivity index (χ4v) is 9.05. The second-order valence-electron chi connectivity index (χ2n) is 13.6. The molecule has 12 heteroatoms. The van der Waals surface area contributed by atoms with E-state index in [9.17, 15) is 14.7 Å². The van der Waals surface area contributed by atoms with Gasteiger partial charge in [0.25, 0.3) is 5.91 Å². The van der Waals surface area contributed by atoms with Crippen molar-refractivity contribution in [3.63, 3.8) is 0 Å². The van der Waals surface area contributed by atoms with Gasteiger partial charge in [-0.3, -0.25) is 9.69 Å². The summed E-state index contributed by atoms with van der Waals surface area (Å²) in [7, 11) is 3.19. The van der Waals surface area contributed by atoms with Crippen molar-refractivity contribution in [1.82, 2.24) is 15.2 Å². The number of nitrogens with one attached hydrogen (secondary N) is 1. The quantitative estimate of drug-likeness (QED) is 0.162. The van der Waals surface area contributed by atoms with Crippen LogP contribution in [0.5, 0.6) is 17.2 Å². The van der Waals surface area contributed by atoms with Gasteiger partial charge in [0.15, 0.2) is 5.72 Å². The van der Waals surface area contributed by atoms with Crippen molar-refractivity contribution in [3.8, 4) is 39.6 Å². The maximum atomic E-state index is 14.2. The van der Waals surface area contributed by atoms with Crippen LogP contribution < -0.4 is 19.5 Å². The summed E-state index contributed by atoms with van der Waals surface area (Å²) in [5.74, 6) is 2.16. The topological polar surface area (TPSA) is 119 Å². The molecule has 8 rings (SSSR count). The number of nitrogens with zero attached hydrogens (tertiary/aromatic N) is 2. The van der Waals surface area contributed by atoms with E-state index in [0.717, 1.165) is 51.7 Å². The van der Waals surface area contributed by atoms with Crippen molar-refractivity contribution in [2.45, 2.75) is 57.3 Å². The number of aromatic nitrogens is 1. The van der Waals surface area contributed by atoms with E-state index in [-0.39, 0.29) is 36.0 Å². The highest BCUT2D eigenvalue weighted by Crippen LogP contribution is 2.58. The van der Waals surface area contributed by atoms with E-state index in [1.165, 1.54) is 6.42 Å². The summed E-state index contributed by atoms with van der Waals surface area (Å²) in [6.07, 6.45) is 4.07. The summed E-state index contributed by atoms with van der Waals surface area (Å²) in [4.78, 5) is 33.5. The van der Waals surface area contributed by atoms with Gasteiger partial charge in [0.1, 0.15) is 29.0 Å². The highest BCUT2D eigenvalue weighted by atomic mass is 35.5. The zero-order valence-electron chi connectivity index (χ0n) is 27.9. The number of rotatable bonds is 10. The first-order valence-corrected chi connectivity index (χ1v) is 17.2. The van der Waals surface area contributed by atoms with Crippen molar-refractivity contribution in [2.75, 3.05) is 33.9 Å². The molecule has 0 radical (unpaired) electrons. The maximum absolute atomic E-state index is 14.2. The number of carbonyl (C=O) groups is 2. The number of carbonyl (C=O) groups excluding carboxylic acids is 1. The second-order valence-corrected chi connectivity index (χ2v) is 14.0. The Kier molecular flexibility index (Phi) is 10.2. The smallest absolute Gasteiger partial charge is 0.496 e. The number of hydrogen-bond acceptors (Lipinski definition) is 8. The molecule has 4 bridgehead atoms. The number of ether oxygens (including phenoxy) is 4. The first-order valence-electron chi connectivity index (χ1n) is 16.9. The minimum Gasteiger partial charge on any atom is -0.496 e. The van der Waals surface area contributed by atoms with Gasteiger partial charge < -0.3 is 29.4 Å². The third-order valence-electron chi connectivity index (χ3n) is 10.9. The Morgan fingerprint density at radius 3 is 2.24 bits per heavy atom. The number of hydrogen-bond donors (Lipinski definition) is 2. The molecule has 5 aliphatic rings. The summed E-state index contributed by atoms with van der Waals surface area (Å²) < 4.78 is 23.6. The Labute approximate surface area is 297 Å². The molecular formula is C37H43Cl2N3O7. The molecule has 0 spiro atoms. The Bertz CT molecular complexity index is 1670. The molecule has 262 valence electrons. The van der Waals surface area contributed by atoms with E-state index < -0.39 is 17.8 Å². The highest BCUT2D eigenvalue weighted by Gasteiger charge is 2.61. The van der Waals surface area contributed by atoms with Gasteiger partial charge in [-0.15, -0.1) is 12.4 Å². The van der Waals surface area contributed by atoms with Crippen LogP contribution in [-0.2, 0) is 4.74 Å². The third kappa shape index (κ3) is 6.62. The summed E-state index contributed by atoms with van der Waals surface area (Å²) in [5.41, 5.74) is 1.39. The van der Waals surface area contributed by atoms with Crippen molar-refractivity contribution in [3.05, 3.63) is 59.2 Å². The van der Waals surface area contributed by atoms with Gasteiger partial charge in [0.2, 0.25) is 0 Å². The molecule has 1 amide bonds. The fourth-order valence-electron chi connectivity index (χ4n) is 8.89. The molecule has 4 aliphatic carbocycles. The van der Waals surface area contributed by atoms with Gasteiger partial charge in [-0.05, 0) is 93.3 Å². The van der Waals surface area contributed by atoms with Crippen LogP contribution in [0.3, 0.4) is 0 Å². The Hall–Kier alpha value is -3.73. The zero-order valence-corrected chi connectivity index (χ0v) is 29.5. The SMILES string of the molecule is CCN1CCC(Oc2cc(-c3nc(C(=O)NC4(OC(=O)O)C5CC6CC(C5)CC4C6)ccc3-c3c(OC)cccc3OC)ccc2Cl)C1.Cl. The lowest BCUT2D eigenvalue weighted by Gasteiger charge is -2.59. The van der Waals surface area contributed by atoms with Crippen LogP contribution in [-0.4, -0.2) is 72.7 Å². The number of benzene rings is 2. The molecule has 1 saturated heterocycles. The first-order chi connectivity index (χ1) is 23.2. The molecule has 2 N–H and O–H groups in total. The van der Waals surface area contributed by atoms with Crippen LogP contribution in [0.25, 0.3) is 22.4 Å². The maximum Gasteiger partial charge on any atom is 0.507 e. The number of amides is 1. The largest absolute Gasteiger partial charge is 0.507 e. The fraction of sp³-hybridized carbons (Fsp3) is 0.486. The number of pyridine rings is 1. The molecule has 3 aromatic rings. The number of methoxy groups -OCH3 is 2.